The molecule has 1 aliphatic carbocycles. The molecule has 237 valence electrons. The molecule has 2 aromatic carbocycles. The summed E-state index contributed by atoms with van der Waals surface area (Å²) in [6.45, 7) is 19.6. The van der Waals surface area contributed by atoms with Crippen LogP contribution in [0, 0.1) is 23.3 Å². The predicted octanol–water partition coefficient (Wildman–Crippen LogP) is 10.3. The Morgan fingerprint density at radius 1 is 0.932 bits per heavy atom. The molecule has 5 rings (SSSR count). The van der Waals surface area contributed by atoms with Crippen LogP contribution in [0.1, 0.15) is 105 Å². The maximum atomic E-state index is 11.7. The zero-order chi connectivity index (χ0) is 31.5. The summed E-state index contributed by atoms with van der Waals surface area (Å²) in [5, 5.41) is 14.5. The van der Waals surface area contributed by atoms with Crippen molar-refractivity contribution in [2.45, 2.75) is 99.8 Å². The molecule has 4 aromatic rings. The van der Waals surface area contributed by atoms with E-state index >= 15 is 0 Å². The van der Waals surface area contributed by atoms with Crippen LogP contribution < -0.4 is 0 Å². The van der Waals surface area contributed by atoms with Gasteiger partial charge in [-0.05, 0) is 77.1 Å². The second-order valence-corrected chi connectivity index (χ2v) is 13.8. The summed E-state index contributed by atoms with van der Waals surface area (Å²) in [5.41, 5.74) is 6.39. The Labute approximate surface area is 278 Å². The van der Waals surface area contributed by atoms with Crippen molar-refractivity contribution < 1.29 is 30.0 Å². The number of carbonyl (C=O) groups is 1. The van der Waals surface area contributed by atoms with E-state index in [0.717, 1.165) is 48.7 Å². The van der Waals surface area contributed by atoms with Crippen molar-refractivity contribution in [2.24, 2.45) is 17.3 Å². The van der Waals surface area contributed by atoms with Crippen molar-refractivity contribution in [1.29, 1.82) is 0 Å². The van der Waals surface area contributed by atoms with Gasteiger partial charge in [-0.1, -0.05) is 102 Å². The minimum atomic E-state index is -0.106. The molecule has 2 aromatic heterocycles. The molecular formula is C39H49IrN2O2-. The number of aromatic nitrogens is 2. The molecule has 0 saturated carbocycles. The minimum absolute atomic E-state index is 0. The maximum Gasteiger partial charge on any atom is 0.162 e. The summed E-state index contributed by atoms with van der Waals surface area (Å²) in [4.78, 5) is 20.8. The summed E-state index contributed by atoms with van der Waals surface area (Å²) in [6, 6.07) is 14.9. The summed E-state index contributed by atoms with van der Waals surface area (Å²) >= 11 is 0. The average Bonchev–Trinajstić information content (AvgIpc) is 2.96. The number of benzene rings is 2. The average molecular weight is 770 g/mol. The van der Waals surface area contributed by atoms with Crippen molar-refractivity contribution in [3.63, 3.8) is 0 Å². The molecule has 44 heavy (non-hydrogen) atoms. The largest absolute Gasteiger partial charge is 0.512 e. The van der Waals surface area contributed by atoms with Gasteiger partial charge in [0.05, 0.1) is 5.76 Å². The van der Waals surface area contributed by atoms with E-state index in [1.165, 1.54) is 38.9 Å². The van der Waals surface area contributed by atoms with Gasteiger partial charge in [0.15, 0.2) is 5.78 Å². The van der Waals surface area contributed by atoms with E-state index < -0.39 is 0 Å². The van der Waals surface area contributed by atoms with Gasteiger partial charge in [-0.25, -0.2) is 0 Å². The summed E-state index contributed by atoms with van der Waals surface area (Å²) in [7, 11) is 0. The van der Waals surface area contributed by atoms with E-state index in [9.17, 15) is 9.90 Å². The number of aliphatic hydroxyl groups excluding tert-OH is 1. The summed E-state index contributed by atoms with van der Waals surface area (Å²) in [6.07, 6.45) is 11.7. The number of fused-ring (bicyclic) bond motifs is 3. The molecule has 0 atom stereocenters. The molecule has 4 nitrogen and oxygen atoms in total. The Kier molecular flexibility index (Phi) is 11.7. The number of pyridine rings is 2. The van der Waals surface area contributed by atoms with Crippen LogP contribution in [0.3, 0.4) is 0 Å². The number of rotatable bonds is 8. The molecule has 0 amide bonds. The molecule has 1 N–H and O–H groups in total. The van der Waals surface area contributed by atoms with Gasteiger partial charge in [0.1, 0.15) is 0 Å². The molecule has 0 aliphatic heterocycles. The third-order valence-corrected chi connectivity index (χ3v) is 9.01. The second-order valence-electron chi connectivity index (χ2n) is 13.8. The van der Waals surface area contributed by atoms with Crippen LogP contribution in [-0.4, -0.2) is 20.9 Å². The Hall–Kier alpha value is -2.88. The number of carbonyl (C=O) groups excluding carboxylic acids is 1. The van der Waals surface area contributed by atoms with E-state index in [2.05, 4.69) is 76.0 Å². The molecule has 5 heteroatoms. The van der Waals surface area contributed by atoms with Gasteiger partial charge in [0.2, 0.25) is 0 Å². The van der Waals surface area contributed by atoms with Crippen molar-refractivity contribution in [1.82, 2.24) is 9.97 Å². The first kappa shape index (κ1) is 35.6. The van der Waals surface area contributed by atoms with Gasteiger partial charge in [-0.3, -0.25) is 9.78 Å². The maximum absolute atomic E-state index is 11.7. The SMILES string of the molecule is CC(C)(C)Cc1cc2c3c(nccc3c1)-c1[c-]c3cnccc3cc1C2(C)C.CCC(CC)C(=O)/C=C(\O)C(CC)CC.[Ir]. The van der Waals surface area contributed by atoms with Gasteiger partial charge in [-0.2, -0.15) is 0 Å². The Morgan fingerprint density at radius 3 is 2.18 bits per heavy atom. The van der Waals surface area contributed by atoms with Crippen molar-refractivity contribution in [2.75, 3.05) is 0 Å². The molecule has 0 bridgehead atoms. The fourth-order valence-corrected chi connectivity index (χ4v) is 6.45. The van der Waals surface area contributed by atoms with E-state index in [1.54, 1.807) is 0 Å². The Morgan fingerprint density at radius 2 is 1.57 bits per heavy atom. The van der Waals surface area contributed by atoms with E-state index in [-0.39, 0.29) is 54.3 Å². The molecule has 0 saturated heterocycles. The monoisotopic (exact) mass is 770 g/mol. The number of nitrogens with zero attached hydrogens (tertiary/aromatic N) is 2. The van der Waals surface area contributed by atoms with Gasteiger partial charge < -0.3 is 10.1 Å². The molecule has 1 aliphatic rings. The molecule has 0 unspecified atom stereocenters. The Balaban J connectivity index is 0.000000286. The first-order valence-corrected chi connectivity index (χ1v) is 16.0. The number of hydrogen-bond acceptors (Lipinski definition) is 4. The first-order chi connectivity index (χ1) is 20.3. The molecule has 0 spiro atoms. The van der Waals surface area contributed by atoms with Crippen molar-refractivity contribution in [3.05, 3.63) is 83.5 Å². The van der Waals surface area contributed by atoms with Crippen LogP contribution in [0.2, 0.25) is 0 Å². The smallest absolute Gasteiger partial charge is 0.162 e. The fraction of sp³-hybridized carbons (Fsp3) is 0.462. The zero-order valence-electron chi connectivity index (χ0n) is 28.0. The van der Waals surface area contributed by atoms with Crippen LogP contribution in [0.4, 0.5) is 0 Å². The first-order valence-electron chi connectivity index (χ1n) is 16.0. The van der Waals surface area contributed by atoms with Gasteiger partial charge in [0.25, 0.3) is 0 Å². The van der Waals surface area contributed by atoms with E-state index in [4.69, 9.17) is 4.98 Å². The minimum Gasteiger partial charge on any atom is -0.512 e. The zero-order valence-corrected chi connectivity index (χ0v) is 30.4. The Bertz CT molecular complexity index is 1640. The normalized spacial score (nSPS) is 13.8. The van der Waals surface area contributed by atoms with Crippen LogP contribution in [0.15, 0.2) is 60.8 Å². The third kappa shape index (κ3) is 7.49. The van der Waals surface area contributed by atoms with Crippen LogP contribution >= 0.6 is 0 Å². The van der Waals surface area contributed by atoms with Gasteiger partial charge in [-0.15, -0.1) is 12.1 Å². The standard InChI is InChI=1S/C26H25N2.C13H24O2.Ir/c1-25(2,3)14-16-10-18-7-9-28-24-20-12-19-15-27-8-6-17(19)13-21(20)26(4,5)22(11-16)23(18)24;1-5-10(6-2)12(14)9-13(15)11(7-3)8-4;/h6-11,13,15H,14H2,1-5H3;9-11,14H,5-8H2,1-4H3;/q-1;;/b;12-9-;. The number of aliphatic hydroxyl groups is 1. The van der Waals surface area contributed by atoms with Crippen LogP contribution in [0.25, 0.3) is 32.8 Å². The van der Waals surface area contributed by atoms with Crippen LogP contribution in [-0.2, 0) is 36.7 Å². The number of allylic oxidation sites excluding steroid dienone is 2. The molecule has 0 fully saturated rings. The van der Waals surface area contributed by atoms with Gasteiger partial charge >= 0.3 is 0 Å². The number of hydrogen-bond donors (Lipinski definition) is 1. The third-order valence-electron chi connectivity index (χ3n) is 9.01. The predicted molar refractivity (Wildman–Crippen MR) is 180 cm³/mol. The van der Waals surface area contributed by atoms with E-state index in [0.29, 0.717) is 0 Å². The second kappa shape index (κ2) is 14.5. The fourth-order valence-electron chi connectivity index (χ4n) is 6.45. The van der Waals surface area contributed by atoms with Crippen molar-refractivity contribution in [3.8, 4) is 11.3 Å². The van der Waals surface area contributed by atoms with Crippen molar-refractivity contribution >= 4 is 27.3 Å². The van der Waals surface area contributed by atoms with E-state index in [1.807, 2.05) is 46.3 Å². The molecule has 2 heterocycles. The quantitative estimate of drug-likeness (QED) is 0.110. The topological polar surface area (TPSA) is 63.1 Å². The molecular weight excluding hydrogens is 721 g/mol. The van der Waals surface area contributed by atoms with Crippen LogP contribution in [0.5, 0.6) is 0 Å². The summed E-state index contributed by atoms with van der Waals surface area (Å²) in [5.74, 6) is 0.547. The summed E-state index contributed by atoms with van der Waals surface area (Å²) < 4.78 is 0. The molecule has 1 radical (unpaired) electrons. The number of ketones is 1. The van der Waals surface area contributed by atoms with Gasteiger partial charge in [0, 0.05) is 56.1 Å².